The van der Waals surface area contributed by atoms with Crippen LogP contribution in [0.15, 0.2) is 59.5 Å². The number of ether oxygens (including phenoxy) is 1. The fourth-order valence-corrected chi connectivity index (χ4v) is 3.92. The number of nitrogens with zero attached hydrogens (tertiary/aromatic N) is 1. The quantitative estimate of drug-likeness (QED) is 0.711. The van der Waals surface area contributed by atoms with Crippen LogP contribution >= 0.6 is 0 Å². The molecular weight excluding hydrogens is 334 g/mol. The summed E-state index contributed by atoms with van der Waals surface area (Å²) in [6.07, 6.45) is 3.40. The molecule has 0 N–H and O–H groups in total. The number of benzene rings is 2. The molecule has 1 aliphatic rings. The third-order valence-corrected chi connectivity index (χ3v) is 5.81. The van der Waals surface area contributed by atoms with Gasteiger partial charge in [0.05, 0.1) is 11.5 Å². The van der Waals surface area contributed by atoms with E-state index in [1.807, 2.05) is 0 Å². The number of rotatable bonds is 7. The van der Waals surface area contributed by atoms with Crippen molar-refractivity contribution in [2.45, 2.75) is 23.7 Å². The minimum absolute atomic E-state index is 0.323. The summed E-state index contributed by atoms with van der Waals surface area (Å²) in [6, 6.07) is 17.4. The molecule has 0 saturated carbocycles. The molecule has 0 aromatic heterocycles. The lowest BCUT2D eigenvalue weighted by Gasteiger charge is -2.16. The Morgan fingerprint density at radius 1 is 1.08 bits per heavy atom. The van der Waals surface area contributed by atoms with Gasteiger partial charge in [0.15, 0.2) is 9.84 Å². The van der Waals surface area contributed by atoms with Crippen molar-refractivity contribution in [2.24, 2.45) is 0 Å². The summed E-state index contributed by atoms with van der Waals surface area (Å²) in [5.74, 6) is 1.36. The zero-order valence-electron chi connectivity index (χ0n) is 14.6. The smallest absolute Gasteiger partial charge is 0.175 e. The lowest BCUT2D eigenvalue weighted by Crippen LogP contribution is -2.23. The van der Waals surface area contributed by atoms with Gasteiger partial charge in [-0.25, -0.2) is 8.42 Å². The molecule has 1 fully saturated rings. The first-order valence-corrected chi connectivity index (χ1v) is 10.6. The molecule has 2 aromatic rings. The lowest BCUT2D eigenvalue weighted by atomic mass is 9.99. The minimum atomic E-state index is -3.15. The summed E-state index contributed by atoms with van der Waals surface area (Å²) in [6.45, 7) is 3.94. The maximum atomic E-state index is 11.4. The molecule has 0 bridgehead atoms. The average molecular weight is 359 g/mol. The second kappa shape index (κ2) is 8.02. The normalized spacial score (nSPS) is 18.4. The van der Waals surface area contributed by atoms with Crippen LogP contribution in [-0.4, -0.2) is 45.8 Å². The molecule has 5 heteroatoms. The number of hydrogen-bond donors (Lipinski definition) is 0. The van der Waals surface area contributed by atoms with Crippen LogP contribution in [0.3, 0.4) is 0 Å². The van der Waals surface area contributed by atoms with Gasteiger partial charge in [0.25, 0.3) is 0 Å². The van der Waals surface area contributed by atoms with Gasteiger partial charge in [-0.15, -0.1) is 0 Å². The molecular formula is C20H25NO3S. The van der Waals surface area contributed by atoms with Gasteiger partial charge >= 0.3 is 0 Å². The maximum Gasteiger partial charge on any atom is 0.175 e. The summed E-state index contributed by atoms with van der Waals surface area (Å²) in [5, 5.41) is 0. The Morgan fingerprint density at radius 3 is 2.48 bits per heavy atom. The number of sulfone groups is 1. The largest absolute Gasteiger partial charge is 0.494 e. The van der Waals surface area contributed by atoms with Crippen LogP contribution in [0.5, 0.6) is 5.75 Å². The monoisotopic (exact) mass is 359 g/mol. The fraction of sp³-hybridized carbons (Fsp3) is 0.400. The van der Waals surface area contributed by atoms with Crippen LogP contribution in [0.4, 0.5) is 0 Å². The highest BCUT2D eigenvalue weighted by Crippen LogP contribution is 2.26. The molecule has 0 aliphatic carbocycles. The Labute approximate surface area is 150 Å². The van der Waals surface area contributed by atoms with Crippen molar-refractivity contribution in [1.82, 2.24) is 4.90 Å². The second-order valence-corrected chi connectivity index (χ2v) is 8.66. The molecule has 1 heterocycles. The first-order chi connectivity index (χ1) is 12.0. The molecule has 1 atom stereocenters. The Bertz CT molecular complexity index is 772. The van der Waals surface area contributed by atoms with Crippen molar-refractivity contribution in [3.05, 3.63) is 60.2 Å². The first-order valence-electron chi connectivity index (χ1n) is 8.72. The summed E-state index contributed by atoms with van der Waals surface area (Å²) in [5.41, 5.74) is 1.44. The van der Waals surface area contributed by atoms with Crippen LogP contribution in [0, 0.1) is 0 Å². The Kier molecular flexibility index (Phi) is 5.76. The van der Waals surface area contributed by atoms with Crippen molar-refractivity contribution < 1.29 is 13.2 Å². The molecule has 2 aromatic carbocycles. The van der Waals surface area contributed by atoms with E-state index >= 15 is 0 Å². The highest BCUT2D eigenvalue weighted by atomic mass is 32.2. The van der Waals surface area contributed by atoms with E-state index in [0.29, 0.717) is 17.4 Å². The summed E-state index contributed by atoms with van der Waals surface area (Å²) >= 11 is 0. The van der Waals surface area contributed by atoms with E-state index in [-0.39, 0.29) is 0 Å². The van der Waals surface area contributed by atoms with Crippen molar-refractivity contribution in [2.75, 3.05) is 32.5 Å². The van der Waals surface area contributed by atoms with Crippen LogP contribution in [0.2, 0.25) is 0 Å². The van der Waals surface area contributed by atoms with Crippen molar-refractivity contribution in [1.29, 1.82) is 0 Å². The Morgan fingerprint density at radius 2 is 1.80 bits per heavy atom. The molecule has 0 spiro atoms. The van der Waals surface area contributed by atoms with Crippen molar-refractivity contribution >= 4 is 9.84 Å². The highest BCUT2D eigenvalue weighted by Gasteiger charge is 2.22. The van der Waals surface area contributed by atoms with Gasteiger partial charge in [0.1, 0.15) is 5.75 Å². The van der Waals surface area contributed by atoms with Gasteiger partial charge in [-0.3, -0.25) is 0 Å². The van der Waals surface area contributed by atoms with Gasteiger partial charge < -0.3 is 9.64 Å². The molecule has 0 radical (unpaired) electrons. The van der Waals surface area contributed by atoms with Crippen LogP contribution in [0.1, 0.15) is 24.3 Å². The molecule has 3 rings (SSSR count). The van der Waals surface area contributed by atoms with Gasteiger partial charge in [-0.2, -0.15) is 0 Å². The average Bonchev–Trinajstić information content (AvgIpc) is 3.08. The van der Waals surface area contributed by atoms with Gasteiger partial charge in [0.2, 0.25) is 0 Å². The van der Waals surface area contributed by atoms with Crippen molar-refractivity contribution in [3.63, 3.8) is 0 Å². The van der Waals surface area contributed by atoms with Crippen LogP contribution in [-0.2, 0) is 9.84 Å². The summed E-state index contributed by atoms with van der Waals surface area (Å²) in [4.78, 5) is 2.82. The molecule has 1 saturated heterocycles. The fourth-order valence-electron chi connectivity index (χ4n) is 3.29. The SMILES string of the molecule is CS(=O)(=O)c1ccc(OCCCN2CC[C@@H](c3ccccc3)C2)cc1. The summed E-state index contributed by atoms with van der Waals surface area (Å²) < 4.78 is 28.6. The third kappa shape index (κ3) is 5.06. The van der Waals surface area contributed by atoms with Crippen molar-refractivity contribution in [3.8, 4) is 5.75 Å². The maximum absolute atomic E-state index is 11.4. The van der Waals surface area contributed by atoms with Gasteiger partial charge in [-0.05, 0) is 55.1 Å². The highest BCUT2D eigenvalue weighted by molar-refractivity contribution is 7.90. The zero-order chi connectivity index (χ0) is 17.7. The minimum Gasteiger partial charge on any atom is -0.494 e. The molecule has 25 heavy (non-hydrogen) atoms. The van der Waals surface area contributed by atoms with E-state index in [4.69, 9.17) is 4.74 Å². The molecule has 0 unspecified atom stereocenters. The van der Waals surface area contributed by atoms with Gasteiger partial charge in [0, 0.05) is 19.3 Å². The first kappa shape index (κ1) is 18.0. The van der Waals surface area contributed by atoms with E-state index < -0.39 is 9.84 Å². The van der Waals surface area contributed by atoms with Gasteiger partial charge in [-0.1, -0.05) is 30.3 Å². The van der Waals surface area contributed by atoms with Crippen LogP contribution in [0.25, 0.3) is 0 Å². The molecule has 1 aliphatic heterocycles. The third-order valence-electron chi connectivity index (χ3n) is 4.68. The predicted octanol–water partition coefficient (Wildman–Crippen LogP) is 3.35. The molecule has 0 amide bonds. The second-order valence-electron chi connectivity index (χ2n) is 6.64. The summed E-state index contributed by atoms with van der Waals surface area (Å²) in [7, 11) is -3.15. The lowest BCUT2D eigenvalue weighted by molar-refractivity contribution is 0.262. The predicted molar refractivity (Wildman–Crippen MR) is 99.9 cm³/mol. The van der Waals surface area contributed by atoms with E-state index in [2.05, 4.69) is 35.2 Å². The van der Waals surface area contributed by atoms with Crippen LogP contribution < -0.4 is 4.74 Å². The zero-order valence-corrected chi connectivity index (χ0v) is 15.4. The number of likely N-dealkylation sites (tertiary alicyclic amines) is 1. The van der Waals surface area contributed by atoms with E-state index in [0.717, 1.165) is 31.8 Å². The van der Waals surface area contributed by atoms with E-state index in [9.17, 15) is 8.42 Å². The standard InChI is InChI=1S/C20H25NO3S/c1-25(22,23)20-10-8-19(9-11-20)24-15-5-13-21-14-12-18(16-21)17-6-3-2-4-7-17/h2-4,6-11,18H,5,12-16H2,1H3/t18-/m1/s1. The van der Waals surface area contributed by atoms with E-state index in [1.165, 1.54) is 18.2 Å². The Balaban J connectivity index is 1.39. The molecule has 134 valence electrons. The number of hydrogen-bond acceptors (Lipinski definition) is 4. The van der Waals surface area contributed by atoms with E-state index in [1.54, 1.807) is 24.3 Å². The Hall–Kier alpha value is -1.85. The molecule has 4 nitrogen and oxygen atoms in total. The topological polar surface area (TPSA) is 46.6 Å².